The number of nitrogens with one attached hydrogen (secondary N) is 2. The van der Waals surface area contributed by atoms with Gasteiger partial charge in [-0.05, 0) is 62.5 Å². The van der Waals surface area contributed by atoms with Gasteiger partial charge in [-0.1, -0.05) is 42.5 Å². The van der Waals surface area contributed by atoms with Gasteiger partial charge < -0.3 is 10.6 Å². The van der Waals surface area contributed by atoms with Crippen molar-refractivity contribution in [3.63, 3.8) is 0 Å². The van der Waals surface area contributed by atoms with Crippen molar-refractivity contribution in [2.45, 2.75) is 26.2 Å². The number of likely N-dealkylation sites (tertiary alicyclic amines) is 1. The van der Waals surface area contributed by atoms with Gasteiger partial charge in [0.1, 0.15) is 0 Å². The SMILES string of the molecule is Cc1ccccc1CCNC(=O)CN1CCC(C(=O)Nc2ccccc2)CC1. The molecule has 2 aromatic rings. The highest BCUT2D eigenvalue weighted by Gasteiger charge is 2.25. The fourth-order valence-corrected chi connectivity index (χ4v) is 3.61. The molecule has 0 aromatic heterocycles. The third kappa shape index (κ3) is 5.92. The molecule has 1 aliphatic rings. The van der Waals surface area contributed by atoms with Crippen LogP contribution in [0.1, 0.15) is 24.0 Å². The topological polar surface area (TPSA) is 61.4 Å². The van der Waals surface area contributed by atoms with Crippen molar-refractivity contribution in [1.29, 1.82) is 0 Å². The fraction of sp³-hybridized carbons (Fsp3) is 0.391. The van der Waals surface area contributed by atoms with Crippen LogP contribution in [0.4, 0.5) is 5.69 Å². The minimum Gasteiger partial charge on any atom is -0.355 e. The molecule has 0 radical (unpaired) electrons. The molecule has 0 saturated carbocycles. The van der Waals surface area contributed by atoms with E-state index in [1.165, 1.54) is 11.1 Å². The summed E-state index contributed by atoms with van der Waals surface area (Å²) in [5.41, 5.74) is 3.36. The third-order valence-corrected chi connectivity index (χ3v) is 5.34. The Kier molecular flexibility index (Phi) is 7.20. The van der Waals surface area contributed by atoms with E-state index in [4.69, 9.17) is 0 Å². The van der Waals surface area contributed by atoms with Crippen molar-refractivity contribution in [2.75, 3.05) is 31.5 Å². The van der Waals surface area contributed by atoms with Crippen LogP contribution in [0.15, 0.2) is 54.6 Å². The second-order valence-corrected chi connectivity index (χ2v) is 7.43. The van der Waals surface area contributed by atoms with Crippen LogP contribution in [0.25, 0.3) is 0 Å². The molecule has 0 spiro atoms. The van der Waals surface area contributed by atoms with Gasteiger partial charge in [-0.25, -0.2) is 0 Å². The zero-order valence-corrected chi connectivity index (χ0v) is 16.5. The minimum atomic E-state index is 0.0144. The number of carbonyl (C=O) groups is 2. The number of carbonyl (C=O) groups excluding carboxylic acids is 2. The Morgan fingerprint density at radius 3 is 2.39 bits per heavy atom. The second kappa shape index (κ2) is 10.0. The van der Waals surface area contributed by atoms with E-state index >= 15 is 0 Å². The Morgan fingerprint density at radius 1 is 1.00 bits per heavy atom. The predicted molar refractivity (Wildman–Crippen MR) is 112 cm³/mol. The number of benzene rings is 2. The molecule has 1 saturated heterocycles. The summed E-state index contributed by atoms with van der Waals surface area (Å²) in [6.45, 7) is 4.70. The lowest BCUT2D eigenvalue weighted by Gasteiger charge is -2.30. The largest absolute Gasteiger partial charge is 0.355 e. The molecule has 1 fully saturated rings. The van der Waals surface area contributed by atoms with Gasteiger partial charge in [0.05, 0.1) is 6.54 Å². The Balaban J connectivity index is 1.35. The second-order valence-electron chi connectivity index (χ2n) is 7.43. The third-order valence-electron chi connectivity index (χ3n) is 5.34. The van der Waals surface area contributed by atoms with Gasteiger partial charge in [0.15, 0.2) is 0 Å². The molecular weight excluding hydrogens is 350 g/mol. The zero-order valence-electron chi connectivity index (χ0n) is 16.5. The van der Waals surface area contributed by atoms with Crippen LogP contribution >= 0.6 is 0 Å². The summed E-state index contributed by atoms with van der Waals surface area (Å²) in [7, 11) is 0. The van der Waals surface area contributed by atoms with E-state index < -0.39 is 0 Å². The van der Waals surface area contributed by atoms with Gasteiger partial charge in [0.2, 0.25) is 11.8 Å². The first-order chi connectivity index (χ1) is 13.6. The molecule has 2 aromatic carbocycles. The number of amides is 2. The van der Waals surface area contributed by atoms with Crippen LogP contribution < -0.4 is 10.6 Å². The van der Waals surface area contributed by atoms with E-state index in [2.05, 4.69) is 34.6 Å². The van der Waals surface area contributed by atoms with E-state index in [1.54, 1.807) is 0 Å². The number of hydrogen-bond acceptors (Lipinski definition) is 3. The van der Waals surface area contributed by atoms with Crippen molar-refractivity contribution in [2.24, 2.45) is 5.92 Å². The van der Waals surface area contributed by atoms with Gasteiger partial charge in [0.25, 0.3) is 0 Å². The summed E-state index contributed by atoms with van der Waals surface area (Å²) in [4.78, 5) is 26.7. The van der Waals surface area contributed by atoms with Gasteiger partial charge >= 0.3 is 0 Å². The number of hydrogen-bond donors (Lipinski definition) is 2. The quantitative estimate of drug-likeness (QED) is 0.777. The molecular formula is C23H29N3O2. The number of para-hydroxylation sites is 1. The molecule has 1 heterocycles. The summed E-state index contributed by atoms with van der Waals surface area (Å²) in [6.07, 6.45) is 2.42. The highest BCUT2D eigenvalue weighted by Crippen LogP contribution is 2.19. The number of nitrogens with zero attached hydrogens (tertiary/aromatic N) is 1. The van der Waals surface area contributed by atoms with Crippen molar-refractivity contribution >= 4 is 17.5 Å². The molecule has 0 aliphatic carbocycles. The van der Waals surface area contributed by atoms with Gasteiger partial charge in [0, 0.05) is 18.2 Å². The molecule has 3 rings (SSSR count). The number of piperidine rings is 1. The molecule has 5 nitrogen and oxygen atoms in total. The first-order valence-corrected chi connectivity index (χ1v) is 10.0. The normalized spacial score (nSPS) is 15.2. The molecule has 5 heteroatoms. The molecule has 148 valence electrons. The smallest absolute Gasteiger partial charge is 0.234 e. The summed E-state index contributed by atoms with van der Waals surface area (Å²) in [5, 5.41) is 5.99. The molecule has 1 aliphatic heterocycles. The Morgan fingerprint density at radius 2 is 1.68 bits per heavy atom. The van der Waals surface area contributed by atoms with Gasteiger partial charge in [-0.15, -0.1) is 0 Å². The molecule has 2 N–H and O–H groups in total. The maximum atomic E-state index is 12.4. The monoisotopic (exact) mass is 379 g/mol. The van der Waals surface area contributed by atoms with Crippen LogP contribution in [0.3, 0.4) is 0 Å². The molecule has 0 bridgehead atoms. The standard InChI is InChI=1S/C23H29N3O2/c1-18-7-5-6-8-19(18)11-14-24-22(27)17-26-15-12-20(13-16-26)23(28)25-21-9-3-2-4-10-21/h2-10,20H,11-17H2,1H3,(H,24,27)(H,25,28). The van der Waals surface area contributed by atoms with Crippen LogP contribution in [0.2, 0.25) is 0 Å². The molecule has 0 atom stereocenters. The Labute approximate surface area is 167 Å². The van der Waals surface area contributed by atoms with Crippen LogP contribution in [-0.2, 0) is 16.0 Å². The highest BCUT2D eigenvalue weighted by atomic mass is 16.2. The maximum Gasteiger partial charge on any atom is 0.234 e. The average Bonchev–Trinajstić information content (AvgIpc) is 2.71. The number of rotatable bonds is 7. The fourth-order valence-electron chi connectivity index (χ4n) is 3.61. The predicted octanol–water partition coefficient (Wildman–Crippen LogP) is 3.00. The van der Waals surface area contributed by atoms with E-state index in [9.17, 15) is 9.59 Å². The van der Waals surface area contributed by atoms with Crippen molar-refractivity contribution in [3.05, 3.63) is 65.7 Å². The summed E-state index contributed by atoms with van der Waals surface area (Å²) >= 11 is 0. The molecule has 28 heavy (non-hydrogen) atoms. The summed E-state index contributed by atoms with van der Waals surface area (Å²) in [5.74, 6) is 0.148. The van der Waals surface area contributed by atoms with E-state index in [0.717, 1.165) is 38.0 Å². The number of aryl methyl sites for hydroxylation is 1. The van der Waals surface area contributed by atoms with E-state index in [0.29, 0.717) is 13.1 Å². The Bertz CT molecular complexity index is 783. The molecule has 2 amide bonds. The summed E-state index contributed by atoms with van der Waals surface area (Å²) in [6, 6.07) is 17.8. The van der Waals surface area contributed by atoms with Crippen molar-refractivity contribution in [3.8, 4) is 0 Å². The van der Waals surface area contributed by atoms with Gasteiger partial charge in [-0.2, -0.15) is 0 Å². The van der Waals surface area contributed by atoms with Gasteiger partial charge in [-0.3, -0.25) is 14.5 Å². The Hall–Kier alpha value is -2.66. The van der Waals surface area contributed by atoms with Crippen LogP contribution in [-0.4, -0.2) is 42.9 Å². The van der Waals surface area contributed by atoms with E-state index in [-0.39, 0.29) is 17.7 Å². The lowest BCUT2D eigenvalue weighted by molar-refractivity contribution is -0.123. The zero-order chi connectivity index (χ0) is 19.8. The first kappa shape index (κ1) is 20.1. The average molecular weight is 380 g/mol. The lowest BCUT2D eigenvalue weighted by Crippen LogP contribution is -2.43. The lowest BCUT2D eigenvalue weighted by atomic mass is 9.96. The highest BCUT2D eigenvalue weighted by molar-refractivity contribution is 5.92. The molecule has 0 unspecified atom stereocenters. The number of anilines is 1. The maximum absolute atomic E-state index is 12.4. The first-order valence-electron chi connectivity index (χ1n) is 10.0. The van der Waals surface area contributed by atoms with Crippen LogP contribution in [0.5, 0.6) is 0 Å². The van der Waals surface area contributed by atoms with E-state index in [1.807, 2.05) is 42.5 Å². The summed E-state index contributed by atoms with van der Waals surface area (Å²) < 4.78 is 0. The minimum absolute atomic E-state index is 0.0144. The van der Waals surface area contributed by atoms with Crippen molar-refractivity contribution < 1.29 is 9.59 Å². The van der Waals surface area contributed by atoms with Crippen molar-refractivity contribution in [1.82, 2.24) is 10.2 Å². The van der Waals surface area contributed by atoms with Crippen LogP contribution in [0, 0.1) is 12.8 Å².